The Hall–Kier alpha value is -3.75. The number of amides is 1. The molecule has 7 nitrogen and oxygen atoms in total. The van der Waals surface area contributed by atoms with E-state index in [1.54, 1.807) is 49.9 Å². The smallest absolute Gasteiger partial charge is 0.419 e. The lowest BCUT2D eigenvalue weighted by Crippen LogP contribution is -2.27. The van der Waals surface area contributed by atoms with Crippen molar-refractivity contribution in [2.24, 2.45) is 0 Å². The summed E-state index contributed by atoms with van der Waals surface area (Å²) < 4.78 is 11.0. The summed E-state index contributed by atoms with van der Waals surface area (Å²) in [5, 5.41) is 13.7. The lowest BCUT2D eigenvalue weighted by Gasteiger charge is -2.23. The molecule has 3 aromatic carbocycles. The number of thioether (sulfide) groups is 1. The third-order valence-corrected chi connectivity index (χ3v) is 7.03. The van der Waals surface area contributed by atoms with Crippen LogP contribution in [0.5, 0.6) is 0 Å². The van der Waals surface area contributed by atoms with Crippen molar-refractivity contribution in [3.05, 3.63) is 94.6 Å². The van der Waals surface area contributed by atoms with Gasteiger partial charge < -0.3 is 14.4 Å². The molecule has 1 heterocycles. The molecule has 37 heavy (non-hydrogen) atoms. The van der Waals surface area contributed by atoms with Gasteiger partial charge in [0.25, 0.3) is 0 Å². The first-order valence-corrected chi connectivity index (χ1v) is 12.9. The van der Waals surface area contributed by atoms with E-state index in [4.69, 9.17) is 26.0 Å². The van der Waals surface area contributed by atoms with Crippen LogP contribution in [0.25, 0.3) is 11.3 Å². The van der Waals surface area contributed by atoms with Crippen molar-refractivity contribution in [2.75, 3.05) is 11.5 Å². The predicted molar refractivity (Wildman–Crippen MR) is 145 cm³/mol. The van der Waals surface area contributed by atoms with E-state index >= 15 is 0 Å². The minimum absolute atomic E-state index is 0.0157. The number of halogens is 1. The van der Waals surface area contributed by atoms with Crippen LogP contribution in [0.4, 0.5) is 16.2 Å². The van der Waals surface area contributed by atoms with E-state index in [-0.39, 0.29) is 13.0 Å². The van der Waals surface area contributed by atoms with Gasteiger partial charge in [-0.1, -0.05) is 71.4 Å². The van der Waals surface area contributed by atoms with E-state index in [0.717, 1.165) is 21.6 Å². The highest BCUT2D eigenvalue weighted by Gasteiger charge is 2.29. The molecule has 0 atom stereocenters. The standard InChI is InChI=1S/C28H25ClN2O5S/c1-3-35-28(34)31(23-10-6-5-9-22(23)29)26-18(2)30-36-27(26)20-14-12-19(13-15-20)17-37-24-11-7-4-8-21(24)16-25(32)33/h4-15H,3,16-17H2,1-2H3,(H,32,33). The molecular weight excluding hydrogens is 512 g/mol. The maximum absolute atomic E-state index is 13.0. The Labute approximate surface area is 224 Å². The Balaban J connectivity index is 1.61. The van der Waals surface area contributed by atoms with Gasteiger partial charge in [0.05, 0.1) is 23.7 Å². The van der Waals surface area contributed by atoms with Gasteiger partial charge in [0.2, 0.25) is 0 Å². The van der Waals surface area contributed by atoms with Crippen LogP contribution in [0.3, 0.4) is 0 Å². The zero-order valence-corrected chi connectivity index (χ0v) is 21.9. The summed E-state index contributed by atoms with van der Waals surface area (Å²) in [5.41, 5.74) is 4.00. The van der Waals surface area contributed by atoms with Crippen molar-refractivity contribution in [1.82, 2.24) is 5.16 Å². The number of aryl methyl sites for hydroxylation is 1. The van der Waals surface area contributed by atoms with Gasteiger partial charge in [-0.25, -0.2) is 9.69 Å². The average molecular weight is 537 g/mol. The van der Waals surface area contributed by atoms with E-state index < -0.39 is 12.1 Å². The predicted octanol–water partition coefficient (Wildman–Crippen LogP) is 7.52. The van der Waals surface area contributed by atoms with Crippen molar-refractivity contribution in [2.45, 2.75) is 30.9 Å². The van der Waals surface area contributed by atoms with Gasteiger partial charge in [-0.05, 0) is 43.2 Å². The number of rotatable bonds is 9. The zero-order chi connectivity index (χ0) is 26.4. The first-order chi connectivity index (χ1) is 17.9. The Morgan fingerprint density at radius 2 is 1.76 bits per heavy atom. The van der Waals surface area contributed by atoms with Crippen LogP contribution in [0.15, 0.2) is 82.2 Å². The monoisotopic (exact) mass is 536 g/mol. The van der Waals surface area contributed by atoms with Gasteiger partial charge in [-0.2, -0.15) is 0 Å². The molecule has 0 aliphatic heterocycles. The number of hydrogen-bond acceptors (Lipinski definition) is 6. The SMILES string of the molecule is CCOC(=O)N(c1ccccc1Cl)c1c(C)noc1-c1ccc(CSc2ccccc2CC(=O)O)cc1. The summed E-state index contributed by atoms with van der Waals surface area (Å²) >= 11 is 8.02. The highest BCUT2D eigenvalue weighted by Crippen LogP contribution is 2.41. The summed E-state index contributed by atoms with van der Waals surface area (Å²) in [6.45, 7) is 3.69. The van der Waals surface area contributed by atoms with E-state index in [2.05, 4.69) is 5.16 Å². The zero-order valence-electron chi connectivity index (χ0n) is 20.3. The van der Waals surface area contributed by atoms with Crippen molar-refractivity contribution < 1.29 is 24.0 Å². The molecule has 1 amide bonds. The van der Waals surface area contributed by atoms with Gasteiger partial charge in [0.15, 0.2) is 5.76 Å². The number of aliphatic carboxylic acids is 1. The maximum Gasteiger partial charge on any atom is 0.419 e. The Bertz CT molecular complexity index is 1400. The van der Waals surface area contributed by atoms with Gasteiger partial charge in [-0.15, -0.1) is 11.8 Å². The third kappa shape index (κ3) is 6.15. The molecule has 1 N–H and O–H groups in total. The number of ether oxygens (including phenoxy) is 1. The molecule has 0 fully saturated rings. The highest BCUT2D eigenvalue weighted by molar-refractivity contribution is 7.98. The molecule has 0 saturated carbocycles. The lowest BCUT2D eigenvalue weighted by atomic mass is 10.1. The minimum atomic E-state index is -0.857. The molecule has 190 valence electrons. The third-order valence-electron chi connectivity index (χ3n) is 5.52. The summed E-state index contributed by atoms with van der Waals surface area (Å²) in [5.74, 6) is 0.217. The quantitative estimate of drug-likeness (QED) is 0.221. The molecule has 0 aliphatic carbocycles. The number of carboxylic acids is 1. The fourth-order valence-electron chi connectivity index (χ4n) is 3.82. The summed E-state index contributed by atoms with van der Waals surface area (Å²) in [6, 6.07) is 22.3. The molecule has 4 aromatic rings. The molecule has 4 rings (SSSR count). The van der Waals surface area contributed by atoms with E-state index in [0.29, 0.717) is 33.6 Å². The molecule has 0 aliphatic rings. The number of benzene rings is 3. The topological polar surface area (TPSA) is 92.9 Å². The van der Waals surface area contributed by atoms with Crippen LogP contribution in [-0.4, -0.2) is 28.9 Å². The minimum Gasteiger partial charge on any atom is -0.481 e. The van der Waals surface area contributed by atoms with Crippen LogP contribution < -0.4 is 4.90 Å². The fourth-order valence-corrected chi connectivity index (χ4v) is 5.05. The van der Waals surface area contributed by atoms with E-state index in [9.17, 15) is 9.59 Å². The molecule has 0 radical (unpaired) electrons. The molecule has 0 bridgehead atoms. The van der Waals surface area contributed by atoms with Crippen LogP contribution in [-0.2, 0) is 21.7 Å². The largest absolute Gasteiger partial charge is 0.481 e. The summed E-state index contributed by atoms with van der Waals surface area (Å²) in [4.78, 5) is 26.5. The highest BCUT2D eigenvalue weighted by atomic mass is 35.5. The average Bonchev–Trinajstić information content (AvgIpc) is 3.26. The number of carboxylic acid groups (broad SMARTS) is 1. The Morgan fingerprint density at radius 3 is 2.46 bits per heavy atom. The van der Waals surface area contributed by atoms with Gasteiger partial charge in [-0.3, -0.25) is 4.79 Å². The van der Waals surface area contributed by atoms with Crippen LogP contribution in [0.1, 0.15) is 23.7 Å². The van der Waals surface area contributed by atoms with Crippen LogP contribution in [0.2, 0.25) is 5.02 Å². The van der Waals surface area contributed by atoms with Crippen LogP contribution >= 0.6 is 23.4 Å². The van der Waals surface area contributed by atoms with Crippen LogP contribution in [0, 0.1) is 6.92 Å². The first kappa shape index (κ1) is 26.3. The van der Waals surface area contributed by atoms with Gasteiger partial charge >= 0.3 is 12.1 Å². The lowest BCUT2D eigenvalue weighted by molar-refractivity contribution is -0.136. The first-order valence-electron chi connectivity index (χ1n) is 11.6. The number of nitrogens with zero attached hydrogens (tertiary/aromatic N) is 2. The second-order valence-corrected chi connectivity index (χ2v) is 9.52. The fraction of sp³-hybridized carbons (Fsp3) is 0.179. The van der Waals surface area contributed by atoms with Gasteiger partial charge in [0.1, 0.15) is 11.4 Å². The van der Waals surface area contributed by atoms with Crippen molar-refractivity contribution in [3.8, 4) is 11.3 Å². The molecule has 9 heteroatoms. The normalized spacial score (nSPS) is 10.8. The van der Waals surface area contributed by atoms with E-state index in [1.807, 2.05) is 48.5 Å². The second-order valence-electron chi connectivity index (χ2n) is 8.10. The van der Waals surface area contributed by atoms with Crippen molar-refractivity contribution in [1.29, 1.82) is 0 Å². The summed E-state index contributed by atoms with van der Waals surface area (Å²) in [7, 11) is 0. The van der Waals surface area contributed by atoms with Gasteiger partial charge in [0, 0.05) is 16.2 Å². The number of para-hydroxylation sites is 1. The number of carbonyl (C=O) groups is 2. The number of carbonyl (C=O) groups excluding carboxylic acids is 1. The van der Waals surface area contributed by atoms with E-state index in [1.165, 1.54) is 4.90 Å². The number of aromatic nitrogens is 1. The maximum atomic E-state index is 13.0. The Morgan fingerprint density at radius 1 is 1.05 bits per heavy atom. The number of hydrogen-bond donors (Lipinski definition) is 1. The second kappa shape index (κ2) is 12.0. The molecular formula is C28H25ClN2O5S. The Kier molecular flexibility index (Phi) is 8.53. The molecule has 1 aromatic heterocycles. The van der Waals surface area contributed by atoms with Crippen molar-refractivity contribution >= 4 is 46.8 Å². The summed E-state index contributed by atoms with van der Waals surface area (Å²) in [6.07, 6.45) is -0.603. The van der Waals surface area contributed by atoms with Crippen molar-refractivity contribution in [3.63, 3.8) is 0 Å². The number of anilines is 2. The molecule has 0 spiro atoms. The molecule has 0 unspecified atom stereocenters. The molecule has 0 saturated heterocycles.